The van der Waals surface area contributed by atoms with Gasteiger partial charge in [-0.2, -0.15) is 0 Å². The Balaban J connectivity index is 0.00000288. The van der Waals surface area contributed by atoms with Crippen molar-refractivity contribution in [2.45, 2.75) is 45.7 Å². The predicted octanol–water partition coefficient (Wildman–Crippen LogP) is 3.19. The number of piperidine rings is 1. The number of likely N-dealkylation sites (tertiary alicyclic amines) is 1. The molecule has 1 heterocycles. The van der Waals surface area contributed by atoms with Gasteiger partial charge in [-0.1, -0.05) is 44.2 Å². The molecule has 1 aliphatic heterocycles. The van der Waals surface area contributed by atoms with Crippen molar-refractivity contribution >= 4 is 30.7 Å². The van der Waals surface area contributed by atoms with Gasteiger partial charge < -0.3 is 16.0 Å². The van der Waals surface area contributed by atoms with Crippen LogP contribution < -0.4 is 11.1 Å². The van der Waals surface area contributed by atoms with Gasteiger partial charge in [0.1, 0.15) is 5.54 Å². The molecule has 1 aliphatic rings. The molecule has 4 atom stereocenters. The molecule has 1 aromatic carbocycles. The maximum absolute atomic E-state index is 12.6. The number of nitrogens with one attached hydrogen (secondary N) is 1. The standard InChI is InChI=1S/C19H31N3O.2ClH/c1-14-10-15(2)12-22(11-14)13-16(3)21-18(23)19(4,20)17-8-6-5-7-9-17;;/h5-9,14-16H,10-13,20H2,1-4H3,(H,21,23);2*1H. The van der Waals surface area contributed by atoms with E-state index in [1.165, 1.54) is 6.42 Å². The summed E-state index contributed by atoms with van der Waals surface area (Å²) in [7, 11) is 0. The van der Waals surface area contributed by atoms with E-state index in [4.69, 9.17) is 5.73 Å². The van der Waals surface area contributed by atoms with Crippen molar-refractivity contribution in [1.29, 1.82) is 0 Å². The number of nitrogens with zero attached hydrogens (tertiary/aromatic N) is 1. The first-order chi connectivity index (χ1) is 10.8. The van der Waals surface area contributed by atoms with Crippen LogP contribution in [0.25, 0.3) is 0 Å². The number of halogens is 2. The molecule has 0 saturated carbocycles. The monoisotopic (exact) mass is 389 g/mol. The third-order valence-electron chi connectivity index (χ3n) is 4.70. The van der Waals surface area contributed by atoms with Gasteiger partial charge in [-0.15, -0.1) is 24.8 Å². The Morgan fingerprint density at radius 2 is 1.76 bits per heavy atom. The van der Waals surface area contributed by atoms with Crippen LogP contribution in [0.2, 0.25) is 0 Å². The average Bonchev–Trinajstić information content (AvgIpc) is 2.46. The molecular weight excluding hydrogens is 357 g/mol. The Bertz CT molecular complexity index is 515. The van der Waals surface area contributed by atoms with Crippen LogP contribution in [-0.4, -0.2) is 36.5 Å². The lowest BCUT2D eigenvalue weighted by atomic mass is 9.91. The number of rotatable bonds is 5. The molecule has 0 aromatic heterocycles. The summed E-state index contributed by atoms with van der Waals surface area (Å²) in [5.74, 6) is 1.34. The van der Waals surface area contributed by atoms with E-state index in [0.29, 0.717) is 0 Å². The smallest absolute Gasteiger partial charge is 0.244 e. The van der Waals surface area contributed by atoms with Crippen molar-refractivity contribution in [3.8, 4) is 0 Å². The molecule has 4 nitrogen and oxygen atoms in total. The molecule has 1 fully saturated rings. The second-order valence-corrected chi connectivity index (χ2v) is 7.61. The lowest BCUT2D eigenvalue weighted by molar-refractivity contribution is -0.126. The average molecular weight is 390 g/mol. The Hall–Kier alpha value is -0.810. The van der Waals surface area contributed by atoms with Crippen LogP contribution in [0.4, 0.5) is 0 Å². The second kappa shape index (κ2) is 10.4. The number of carbonyl (C=O) groups excluding carboxylic acids is 1. The van der Waals surface area contributed by atoms with E-state index in [-0.39, 0.29) is 36.8 Å². The third kappa shape index (κ3) is 6.78. The highest BCUT2D eigenvalue weighted by Crippen LogP contribution is 2.21. The number of hydrogen-bond acceptors (Lipinski definition) is 3. The highest BCUT2D eigenvalue weighted by atomic mass is 35.5. The van der Waals surface area contributed by atoms with Gasteiger partial charge in [0.05, 0.1) is 0 Å². The van der Waals surface area contributed by atoms with Gasteiger partial charge in [0.2, 0.25) is 5.91 Å². The summed E-state index contributed by atoms with van der Waals surface area (Å²) in [6.45, 7) is 11.5. The Morgan fingerprint density at radius 1 is 1.24 bits per heavy atom. The van der Waals surface area contributed by atoms with Gasteiger partial charge in [0, 0.05) is 25.7 Å². The molecule has 1 aromatic rings. The van der Waals surface area contributed by atoms with E-state index in [1.807, 2.05) is 30.3 Å². The number of amides is 1. The second-order valence-electron chi connectivity index (χ2n) is 7.61. The number of hydrogen-bond donors (Lipinski definition) is 2. The fourth-order valence-corrected chi connectivity index (χ4v) is 3.66. The summed E-state index contributed by atoms with van der Waals surface area (Å²) in [5.41, 5.74) is 6.12. The minimum atomic E-state index is -1.00. The SMILES string of the molecule is CC1CC(C)CN(CC(C)NC(=O)C(C)(N)c2ccccc2)C1.Cl.Cl. The fraction of sp³-hybridized carbons (Fsp3) is 0.632. The molecule has 1 saturated heterocycles. The van der Waals surface area contributed by atoms with E-state index < -0.39 is 5.54 Å². The number of carbonyl (C=O) groups is 1. The summed E-state index contributed by atoms with van der Waals surface area (Å²) in [6.07, 6.45) is 1.30. The third-order valence-corrected chi connectivity index (χ3v) is 4.70. The van der Waals surface area contributed by atoms with Crippen LogP contribution in [0.15, 0.2) is 30.3 Å². The lowest BCUT2D eigenvalue weighted by Crippen LogP contribution is -2.54. The Kier molecular flexibility index (Phi) is 10.0. The quantitative estimate of drug-likeness (QED) is 0.812. The van der Waals surface area contributed by atoms with Crippen molar-refractivity contribution in [2.24, 2.45) is 17.6 Å². The summed E-state index contributed by atoms with van der Waals surface area (Å²) < 4.78 is 0. The van der Waals surface area contributed by atoms with E-state index in [1.54, 1.807) is 6.92 Å². The van der Waals surface area contributed by atoms with Crippen molar-refractivity contribution in [3.63, 3.8) is 0 Å². The van der Waals surface area contributed by atoms with Gasteiger partial charge in [-0.05, 0) is 37.7 Å². The van der Waals surface area contributed by atoms with Crippen molar-refractivity contribution in [1.82, 2.24) is 10.2 Å². The van der Waals surface area contributed by atoms with E-state index in [2.05, 4.69) is 31.0 Å². The molecule has 25 heavy (non-hydrogen) atoms. The van der Waals surface area contributed by atoms with Crippen LogP contribution in [0.5, 0.6) is 0 Å². The van der Waals surface area contributed by atoms with Crippen molar-refractivity contribution in [2.75, 3.05) is 19.6 Å². The van der Waals surface area contributed by atoms with E-state index in [0.717, 1.165) is 37.0 Å². The molecule has 0 bridgehead atoms. The first kappa shape index (κ1) is 24.2. The topological polar surface area (TPSA) is 58.4 Å². The molecule has 0 aliphatic carbocycles. The van der Waals surface area contributed by atoms with Crippen LogP contribution in [0.3, 0.4) is 0 Å². The summed E-state index contributed by atoms with van der Waals surface area (Å²) in [4.78, 5) is 15.0. The molecule has 6 heteroatoms. The van der Waals surface area contributed by atoms with Gasteiger partial charge in [0.15, 0.2) is 0 Å². The largest absolute Gasteiger partial charge is 0.350 e. The van der Waals surface area contributed by atoms with Gasteiger partial charge in [-0.3, -0.25) is 4.79 Å². The molecule has 1 amide bonds. The Labute approximate surface area is 164 Å². The summed E-state index contributed by atoms with van der Waals surface area (Å²) in [6, 6.07) is 9.64. The molecule has 2 rings (SSSR count). The first-order valence-corrected chi connectivity index (χ1v) is 8.66. The zero-order valence-electron chi connectivity index (χ0n) is 15.7. The molecule has 144 valence electrons. The van der Waals surface area contributed by atoms with Gasteiger partial charge in [-0.25, -0.2) is 0 Å². The van der Waals surface area contributed by atoms with Crippen molar-refractivity contribution in [3.05, 3.63) is 35.9 Å². The predicted molar refractivity (Wildman–Crippen MR) is 109 cm³/mol. The normalized spacial score (nSPS) is 24.2. The molecule has 0 spiro atoms. The van der Waals surface area contributed by atoms with Gasteiger partial charge in [0.25, 0.3) is 0 Å². The summed E-state index contributed by atoms with van der Waals surface area (Å²) >= 11 is 0. The minimum absolute atomic E-state index is 0. The molecule has 4 unspecified atom stereocenters. The van der Waals surface area contributed by atoms with Crippen molar-refractivity contribution < 1.29 is 4.79 Å². The fourth-order valence-electron chi connectivity index (χ4n) is 3.66. The molecule has 3 N–H and O–H groups in total. The van der Waals surface area contributed by atoms with E-state index >= 15 is 0 Å². The zero-order chi connectivity index (χ0) is 17.0. The number of nitrogens with two attached hydrogens (primary N) is 1. The first-order valence-electron chi connectivity index (χ1n) is 8.66. The highest BCUT2D eigenvalue weighted by Gasteiger charge is 2.31. The maximum Gasteiger partial charge on any atom is 0.244 e. The lowest BCUT2D eigenvalue weighted by Gasteiger charge is -2.37. The van der Waals surface area contributed by atoms with Crippen LogP contribution in [-0.2, 0) is 10.3 Å². The Morgan fingerprint density at radius 3 is 2.28 bits per heavy atom. The molecular formula is C19H33Cl2N3O. The zero-order valence-corrected chi connectivity index (χ0v) is 17.3. The van der Waals surface area contributed by atoms with Crippen LogP contribution in [0.1, 0.15) is 39.7 Å². The molecule has 0 radical (unpaired) electrons. The highest BCUT2D eigenvalue weighted by molar-refractivity contribution is 5.87. The van der Waals surface area contributed by atoms with Crippen LogP contribution in [0, 0.1) is 11.8 Å². The van der Waals surface area contributed by atoms with Gasteiger partial charge >= 0.3 is 0 Å². The minimum Gasteiger partial charge on any atom is -0.350 e. The summed E-state index contributed by atoms with van der Waals surface area (Å²) in [5, 5.41) is 3.09. The van der Waals surface area contributed by atoms with E-state index in [9.17, 15) is 4.79 Å². The van der Waals surface area contributed by atoms with Crippen LogP contribution >= 0.6 is 24.8 Å². The number of benzene rings is 1. The maximum atomic E-state index is 12.6.